The Morgan fingerprint density at radius 2 is 0.909 bits per heavy atom. The van der Waals surface area contributed by atoms with Crippen molar-refractivity contribution in [3.8, 4) is 22.3 Å². The number of benzene rings is 3. The lowest BCUT2D eigenvalue weighted by atomic mass is 9.81. The van der Waals surface area contributed by atoms with E-state index in [0.717, 1.165) is 5.92 Å². The summed E-state index contributed by atoms with van der Waals surface area (Å²) in [7, 11) is 0. The second-order valence-electron chi connectivity index (χ2n) is 12.7. The minimum Gasteiger partial charge on any atom is -0.0619 e. The predicted octanol–water partition coefficient (Wildman–Crippen LogP) is 8.84. The fraction of sp³-hybridized carbons (Fsp3) is 0.455. The molecule has 0 atom stereocenters. The molecular weight excluding hydrogens is 396 g/mol. The molecule has 0 fully saturated rings. The van der Waals surface area contributed by atoms with Gasteiger partial charge in [-0.15, -0.1) is 0 Å². The van der Waals surface area contributed by atoms with Crippen molar-refractivity contribution in [2.24, 2.45) is 5.92 Å². The average Bonchev–Trinajstić information content (AvgIpc) is 3.37. The van der Waals surface area contributed by atoms with Gasteiger partial charge >= 0.3 is 0 Å². The lowest BCUT2D eigenvalue weighted by molar-refractivity contribution is 0.590. The van der Waals surface area contributed by atoms with Gasteiger partial charge in [0.1, 0.15) is 0 Å². The van der Waals surface area contributed by atoms with Gasteiger partial charge < -0.3 is 0 Å². The summed E-state index contributed by atoms with van der Waals surface area (Å²) < 4.78 is 0. The van der Waals surface area contributed by atoms with Gasteiger partial charge in [-0.05, 0) is 104 Å². The Hall–Kier alpha value is -2.34. The van der Waals surface area contributed by atoms with Crippen molar-refractivity contribution in [2.45, 2.75) is 91.4 Å². The summed E-state index contributed by atoms with van der Waals surface area (Å²) in [6, 6.07) is 19.0. The van der Waals surface area contributed by atoms with Crippen LogP contribution in [0.4, 0.5) is 0 Å². The van der Waals surface area contributed by atoms with Gasteiger partial charge in [0.25, 0.3) is 0 Å². The first kappa shape index (κ1) is 22.5. The Bertz CT molecular complexity index is 1080. The van der Waals surface area contributed by atoms with Gasteiger partial charge in [0.05, 0.1) is 0 Å². The van der Waals surface area contributed by atoms with Crippen LogP contribution < -0.4 is 0 Å². The molecule has 0 saturated carbocycles. The molecule has 0 amide bonds. The summed E-state index contributed by atoms with van der Waals surface area (Å²) in [4.78, 5) is 0. The molecule has 0 unspecified atom stereocenters. The van der Waals surface area contributed by atoms with Gasteiger partial charge in [0.2, 0.25) is 0 Å². The molecule has 0 spiro atoms. The summed E-state index contributed by atoms with van der Waals surface area (Å²) in [6.45, 7) is 16.3. The fourth-order valence-corrected chi connectivity index (χ4v) is 6.15. The van der Waals surface area contributed by atoms with Crippen molar-refractivity contribution in [1.29, 1.82) is 0 Å². The zero-order valence-corrected chi connectivity index (χ0v) is 21.7. The molecule has 3 aromatic rings. The smallest absolute Gasteiger partial charge is 0.0114 e. The van der Waals surface area contributed by atoms with Crippen LogP contribution in [0.2, 0.25) is 0 Å². The maximum absolute atomic E-state index is 2.43. The minimum absolute atomic E-state index is 0.194. The van der Waals surface area contributed by atoms with Gasteiger partial charge in [0, 0.05) is 0 Å². The molecular formula is C33H40. The van der Waals surface area contributed by atoms with Gasteiger partial charge in [-0.25, -0.2) is 0 Å². The highest BCUT2D eigenvalue weighted by Gasteiger charge is 2.32. The van der Waals surface area contributed by atoms with Gasteiger partial charge in [0.15, 0.2) is 0 Å². The quantitative estimate of drug-likeness (QED) is 0.376. The largest absolute Gasteiger partial charge is 0.0619 e. The first-order chi connectivity index (χ1) is 15.5. The number of rotatable bonds is 2. The fourth-order valence-electron chi connectivity index (χ4n) is 6.15. The van der Waals surface area contributed by atoms with E-state index < -0.39 is 0 Å². The summed E-state index contributed by atoms with van der Waals surface area (Å²) in [5.41, 5.74) is 15.8. The molecule has 0 saturated heterocycles. The average molecular weight is 437 g/mol. The van der Waals surface area contributed by atoms with Crippen molar-refractivity contribution in [2.75, 3.05) is 0 Å². The lowest BCUT2D eigenvalue weighted by Gasteiger charge is -2.23. The van der Waals surface area contributed by atoms with E-state index in [1.165, 1.54) is 54.4 Å². The predicted molar refractivity (Wildman–Crippen MR) is 143 cm³/mol. The van der Waals surface area contributed by atoms with Crippen molar-refractivity contribution in [3.63, 3.8) is 0 Å². The molecule has 172 valence electrons. The highest BCUT2D eigenvalue weighted by Crippen LogP contribution is 2.48. The van der Waals surface area contributed by atoms with Gasteiger partial charge in [-0.2, -0.15) is 0 Å². The summed E-state index contributed by atoms with van der Waals surface area (Å²) in [6.07, 6.45) is 6.16. The van der Waals surface area contributed by atoms with E-state index in [-0.39, 0.29) is 10.8 Å². The van der Waals surface area contributed by atoms with E-state index in [1.54, 1.807) is 33.4 Å². The van der Waals surface area contributed by atoms with E-state index in [2.05, 4.69) is 97.0 Å². The Morgan fingerprint density at radius 3 is 1.24 bits per heavy atom. The van der Waals surface area contributed by atoms with Gasteiger partial charge in [-0.1, -0.05) is 97.0 Å². The van der Waals surface area contributed by atoms with Crippen LogP contribution in [0.15, 0.2) is 48.5 Å². The van der Waals surface area contributed by atoms with Gasteiger partial charge in [-0.3, -0.25) is 0 Å². The van der Waals surface area contributed by atoms with Crippen LogP contribution in [0.25, 0.3) is 22.3 Å². The maximum Gasteiger partial charge on any atom is -0.0114 e. The monoisotopic (exact) mass is 436 g/mol. The number of fused-ring (bicyclic) bond motifs is 2. The highest BCUT2D eigenvalue weighted by atomic mass is 14.4. The Kier molecular flexibility index (Phi) is 5.35. The second-order valence-corrected chi connectivity index (χ2v) is 12.7. The van der Waals surface area contributed by atoms with Crippen molar-refractivity contribution >= 4 is 0 Å². The van der Waals surface area contributed by atoms with Crippen LogP contribution in [-0.2, 0) is 36.5 Å². The first-order valence-corrected chi connectivity index (χ1v) is 13.0. The van der Waals surface area contributed by atoms with E-state index in [4.69, 9.17) is 0 Å². The first-order valence-electron chi connectivity index (χ1n) is 13.0. The Morgan fingerprint density at radius 1 is 0.545 bits per heavy atom. The molecule has 0 aliphatic heterocycles. The Balaban J connectivity index is 1.69. The topological polar surface area (TPSA) is 0 Å². The molecule has 0 radical (unpaired) electrons. The number of hydrogen-bond acceptors (Lipinski definition) is 0. The third-order valence-electron chi connectivity index (χ3n) is 7.97. The third kappa shape index (κ3) is 3.96. The molecule has 0 heterocycles. The molecule has 0 aromatic heterocycles. The third-order valence-corrected chi connectivity index (χ3v) is 7.97. The molecule has 0 nitrogen and oxygen atoms in total. The molecule has 0 bridgehead atoms. The van der Waals surface area contributed by atoms with E-state index in [0.29, 0.717) is 0 Å². The molecule has 3 aromatic carbocycles. The van der Waals surface area contributed by atoms with Crippen molar-refractivity contribution in [3.05, 3.63) is 81.9 Å². The van der Waals surface area contributed by atoms with E-state index in [9.17, 15) is 0 Å². The van der Waals surface area contributed by atoms with Crippen LogP contribution in [-0.4, -0.2) is 0 Å². The zero-order valence-electron chi connectivity index (χ0n) is 21.7. The van der Waals surface area contributed by atoms with Crippen LogP contribution in [0, 0.1) is 5.92 Å². The maximum atomic E-state index is 2.43. The van der Waals surface area contributed by atoms with Crippen LogP contribution in [0.1, 0.15) is 88.3 Å². The van der Waals surface area contributed by atoms with Crippen LogP contribution in [0.3, 0.4) is 0 Å². The summed E-state index contributed by atoms with van der Waals surface area (Å²) in [5, 5.41) is 0. The van der Waals surface area contributed by atoms with E-state index in [1.807, 2.05) is 0 Å². The molecule has 2 aliphatic rings. The summed E-state index contributed by atoms with van der Waals surface area (Å²) >= 11 is 0. The van der Waals surface area contributed by atoms with Crippen molar-refractivity contribution in [1.82, 2.24) is 0 Å². The number of hydrogen-bond donors (Lipinski definition) is 0. The van der Waals surface area contributed by atoms with Crippen LogP contribution >= 0.6 is 0 Å². The SMILES string of the molecule is CC1Cc2c(c(-c3ccc(C(C)(C)C)cc3)c3c(c2-c2ccc(C(C)(C)C)cc2)CCC3)C1. The zero-order chi connectivity index (χ0) is 23.5. The summed E-state index contributed by atoms with van der Waals surface area (Å²) in [5.74, 6) is 0.725. The molecule has 0 N–H and O–H groups in total. The lowest BCUT2D eigenvalue weighted by Crippen LogP contribution is -2.11. The molecule has 2 aliphatic carbocycles. The highest BCUT2D eigenvalue weighted by molar-refractivity contribution is 5.85. The molecule has 5 rings (SSSR count). The Labute approximate surface area is 201 Å². The normalized spacial score (nSPS) is 16.2. The van der Waals surface area contributed by atoms with Crippen molar-refractivity contribution < 1.29 is 0 Å². The minimum atomic E-state index is 0.194. The second kappa shape index (κ2) is 7.86. The van der Waals surface area contributed by atoms with Crippen LogP contribution in [0.5, 0.6) is 0 Å². The molecule has 0 heteroatoms. The van der Waals surface area contributed by atoms with E-state index >= 15 is 0 Å². The molecule has 33 heavy (non-hydrogen) atoms. The standard InChI is InChI=1S/C33H40/c1-21-19-28-29(20-21)31(23-13-17-25(18-14-23)33(5,6)7)27-10-8-9-26(27)30(28)22-11-15-24(16-12-22)32(2,3)4/h11-18,21H,8-10,19-20H2,1-7H3.